The van der Waals surface area contributed by atoms with Crippen LogP contribution < -0.4 is 5.73 Å². The van der Waals surface area contributed by atoms with Gasteiger partial charge in [0, 0.05) is 18.7 Å². The molecule has 0 bridgehead atoms. The van der Waals surface area contributed by atoms with Crippen molar-refractivity contribution >= 4 is 15.7 Å². The second-order valence-corrected chi connectivity index (χ2v) is 6.46. The second-order valence-electron chi connectivity index (χ2n) is 4.20. The monoisotopic (exact) mass is 233 g/mol. The lowest BCUT2D eigenvalue weighted by Crippen LogP contribution is -2.40. The van der Waals surface area contributed by atoms with Crippen LogP contribution in [-0.2, 0) is 9.84 Å². The number of likely N-dealkylation sites (tertiary alicyclic amines) is 1. The molecule has 0 spiro atoms. The molecular formula is C9H19N3O2S. The molecule has 1 rings (SSSR count). The van der Waals surface area contributed by atoms with E-state index >= 15 is 0 Å². The number of rotatable bonds is 4. The Hall–Kier alpha value is -0.620. The molecule has 1 aliphatic rings. The first-order valence-electron chi connectivity index (χ1n) is 5.12. The summed E-state index contributed by atoms with van der Waals surface area (Å²) in [5, 5.41) is 7.32. The van der Waals surface area contributed by atoms with Gasteiger partial charge in [-0.1, -0.05) is 0 Å². The van der Waals surface area contributed by atoms with Crippen LogP contribution >= 0.6 is 0 Å². The Kier molecular flexibility index (Phi) is 4.10. The molecule has 1 heterocycles. The highest BCUT2D eigenvalue weighted by Gasteiger charge is 2.21. The molecule has 1 aliphatic heterocycles. The van der Waals surface area contributed by atoms with Gasteiger partial charge in [0.05, 0.1) is 11.6 Å². The van der Waals surface area contributed by atoms with Crippen LogP contribution in [0.2, 0.25) is 0 Å². The van der Waals surface area contributed by atoms with E-state index in [4.69, 9.17) is 11.1 Å². The molecule has 0 unspecified atom stereocenters. The average molecular weight is 233 g/mol. The number of amidine groups is 1. The highest BCUT2D eigenvalue weighted by Crippen LogP contribution is 2.16. The summed E-state index contributed by atoms with van der Waals surface area (Å²) in [6.07, 6.45) is 3.01. The third kappa shape index (κ3) is 4.61. The highest BCUT2D eigenvalue weighted by molar-refractivity contribution is 7.90. The molecule has 0 aromatic rings. The van der Waals surface area contributed by atoms with Crippen molar-refractivity contribution < 1.29 is 8.42 Å². The van der Waals surface area contributed by atoms with Crippen LogP contribution in [0.15, 0.2) is 0 Å². The van der Waals surface area contributed by atoms with Gasteiger partial charge in [0.25, 0.3) is 0 Å². The number of sulfone groups is 1. The molecule has 1 fully saturated rings. The molecule has 0 radical (unpaired) electrons. The molecule has 0 amide bonds. The first-order chi connectivity index (χ1) is 6.88. The standard InChI is InChI=1S/C9H19N3O2S/c1-15(13,14)7-6-12-4-2-8(3-5-12)9(10)11/h8H,2-7H2,1H3,(H3,10,11). The van der Waals surface area contributed by atoms with Crippen LogP contribution in [-0.4, -0.2) is 50.8 Å². The molecule has 0 saturated carbocycles. The SMILES string of the molecule is CS(=O)(=O)CCN1CCC(C(=N)N)CC1. The van der Waals surface area contributed by atoms with E-state index in [1.165, 1.54) is 6.26 Å². The van der Waals surface area contributed by atoms with E-state index in [1.807, 2.05) is 0 Å². The lowest BCUT2D eigenvalue weighted by Gasteiger charge is -2.30. The van der Waals surface area contributed by atoms with Crippen molar-refractivity contribution in [3.05, 3.63) is 0 Å². The predicted octanol–water partition coefficient (Wildman–Crippen LogP) is -0.321. The summed E-state index contributed by atoms with van der Waals surface area (Å²) >= 11 is 0. The van der Waals surface area contributed by atoms with E-state index in [1.54, 1.807) is 0 Å². The second kappa shape index (κ2) is 4.94. The third-order valence-corrected chi connectivity index (χ3v) is 3.73. The van der Waals surface area contributed by atoms with E-state index < -0.39 is 9.84 Å². The van der Waals surface area contributed by atoms with Crippen molar-refractivity contribution in [2.24, 2.45) is 11.7 Å². The quantitative estimate of drug-likeness (QED) is 0.514. The van der Waals surface area contributed by atoms with E-state index in [2.05, 4.69) is 4.90 Å². The number of piperidine rings is 1. The zero-order valence-corrected chi connectivity index (χ0v) is 9.89. The highest BCUT2D eigenvalue weighted by atomic mass is 32.2. The maximum Gasteiger partial charge on any atom is 0.148 e. The van der Waals surface area contributed by atoms with Gasteiger partial charge in [-0.2, -0.15) is 0 Å². The van der Waals surface area contributed by atoms with Crippen molar-refractivity contribution in [1.29, 1.82) is 5.41 Å². The minimum atomic E-state index is -2.86. The van der Waals surface area contributed by atoms with Crippen LogP contribution in [0, 0.1) is 11.3 Å². The first-order valence-corrected chi connectivity index (χ1v) is 7.18. The van der Waals surface area contributed by atoms with Gasteiger partial charge in [-0.3, -0.25) is 5.41 Å². The predicted molar refractivity (Wildman–Crippen MR) is 60.8 cm³/mol. The third-order valence-electron chi connectivity index (χ3n) is 2.81. The zero-order valence-electron chi connectivity index (χ0n) is 9.07. The molecule has 1 saturated heterocycles. The fourth-order valence-corrected chi connectivity index (χ4v) is 2.35. The van der Waals surface area contributed by atoms with E-state index in [0.717, 1.165) is 25.9 Å². The number of hydrogen-bond donors (Lipinski definition) is 2. The molecule has 0 aromatic carbocycles. The summed E-state index contributed by atoms with van der Waals surface area (Å²) in [5.41, 5.74) is 5.42. The summed E-state index contributed by atoms with van der Waals surface area (Å²) in [6.45, 7) is 2.29. The largest absolute Gasteiger partial charge is 0.387 e. The molecule has 6 heteroatoms. The van der Waals surface area contributed by atoms with Gasteiger partial charge in [-0.05, 0) is 25.9 Å². The molecule has 0 aromatic heterocycles. The van der Waals surface area contributed by atoms with Crippen molar-refractivity contribution in [3.8, 4) is 0 Å². The number of nitrogens with zero attached hydrogens (tertiary/aromatic N) is 1. The summed E-state index contributed by atoms with van der Waals surface area (Å²) in [6, 6.07) is 0. The maximum atomic E-state index is 11.0. The molecule has 5 nitrogen and oxygen atoms in total. The Morgan fingerprint density at radius 1 is 1.47 bits per heavy atom. The van der Waals surface area contributed by atoms with Crippen LogP contribution in [0.3, 0.4) is 0 Å². The van der Waals surface area contributed by atoms with Gasteiger partial charge in [-0.25, -0.2) is 8.42 Å². The van der Waals surface area contributed by atoms with Crippen molar-refractivity contribution in [3.63, 3.8) is 0 Å². The van der Waals surface area contributed by atoms with Gasteiger partial charge in [0.1, 0.15) is 9.84 Å². The van der Waals surface area contributed by atoms with E-state index in [9.17, 15) is 8.42 Å². The summed E-state index contributed by atoms with van der Waals surface area (Å²) in [4.78, 5) is 2.13. The molecule has 0 aliphatic carbocycles. The Morgan fingerprint density at radius 3 is 2.40 bits per heavy atom. The lowest BCUT2D eigenvalue weighted by atomic mass is 9.96. The number of nitrogens with one attached hydrogen (secondary N) is 1. The Labute approximate surface area is 91.1 Å². The normalized spacial score (nSPS) is 20.3. The maximum absolute atomic E-state index is 11.0. The molecule has 3 N–H and O–H groups in total. The van der Waals surface area contributed by atoms with Gasteiger partial charge in [-0.15, -0.1) is 0 Å². The number of nitrogens with two attached hydrogens (primary N) is 1. The lowest BCUT2D eigenvalue weighted by molar-refractivity contribution is 0.219. The fraction of sp³-hybridized carbons (Fsp3) is 0.889. The van der Waals surface area contributed by atoms with Gasteiger partial charge in [0.2, 0.25) is 0 Å². The van der Waals surface area contributed by atoms with E-state index in [0.29, 0.717) is 6.54 Å². The summed E-state index contributed by atoms with van der Waals surface area (Å²) in [5.74, 6) is 0.676. The molecule has 15 heavy (non-hydrogen) atoms. The van der Waals surface area contributed by atoms with Gasteiger partial charge >= 0.3 is 0 Å². The Morgan fingerprint density at radius 2 is 2.00 bits per heavy atom. The van der Waals surface area contributed by atoms with Crippen LogP contribution in [0.1, 0.15) is 12.8 Å². The first kappa shape index (κ1) is 12.4. The van der Waals surface area contributed by atoms with Crippen LogP contribution in [0.25, 0.3) is 0 Å². The molecule has 88 valence electrons. The minimum absolute atomic E-state index is 0.194. The fourth-order valence-electron chi connectivity index (χ4n) is 1.76. The van der Waals surface area contributed by atoms with Crippen molar-refractivity contribution in [2.45, 2.75) is 12.8 Å². The van der Waals surface area contributed by atoms with E-state index in [-0.39, 0.29) is 17.5 Å². The van der Waals surface area contributed by atoms with Gasteiger partial charge < -0.3 is 10.6 Å². The minimum Gasteiger partial charge on any atom is -0.387 e. The zero-order chi connectivity index (χ0) is 11.5. The topological polar surface area (TPSA) is 87.2 Å². The van der Waals surface area contributed by atoms with Gasteiger partial charge in [0.15, 0.2) is 0 Å². The number of hydrogen-bond acceptors (Lipinski definition) is 4. The molecular weight excluding hydrogens is 214 g/mol. The van der Waals surface area contributed by atoms with Crippen molar-refractivity contribution in [2.75, 3.05) is 31.6 Å². The van der Waals surface area contributed by atoms with Crippen LogP contribution in [0.5, 0.6) is 0 Å². The van der Waals surface area contributed by atoms with Crippen molar-refractivity contribution in [1.82, 2.24) is 4.90 Å². The average Bonchev–Trinajstić information content (AvgIpc) is 2.14. The molecule has 0 atom stereocenters. The Balaban J connectivity index is 2.29. The van der Waals surface area contributed by atoms with Crippen LogP contribution in [0.4, 0.5) is 0 Å². The summed E-state index contributed by atoms with van der Waals surface area (Å²) < 4.78 is 21.9. The summed E-state index contributed by atoms with van der Waals surface area (Å²) in [7, 11) is -2.86. The smallest absolute Gasteiger partial charge is 0.148 e. The Bertz CT molecular complexity index is 318.